The Kier molecular flexibility index (Phi) is 6.32. The zero-order valence-corrected chi connectivity index (χ0v) is 9.81. The van der Waals surface area contributed by atoms with Gasteiger partial charge < -0.3 is 14.2 Å². The van der Waals surface area contributed by atoms with Crippen LogP contribution >= 0.6 is 0 Å². The minimum atomic E-state index is -1.28. The van der Waals surface area contributed by atoms with Crippen LogP contribution in [-0.2, 0) is 28.6 Å². The fourth-order valence-corrected chi connectivity index (χ4v) is 1.22. The van der Waals surface area contributed by atoms with Gasteiger partial charge in [0.25, 0.3) is 0 Å². The molecular formula is C10H16O6. The Morgan fingerprint density at radius 3 is 2.00 bits per heavy atom. The van der Waals surface area contributed by atoms with Crippen molar-refractivity contribution in [1.82, 2.24) is 0 Å². The number of Topliss-reactive ketones (excluding diaryl/α,β-unsaturated/α-hetero) is 1. The molecule has 16 heavy (non-hydrogen) atoms. The third-order valence-corrected chi connectivity index (χ3v) is 1.97. The summed E-state index contributed by atoms with van der Waals surface area (Å²) in [5.41, 5.74) is 0. The van der Waals surface area contributed by atoms with Crippen LogP contribution in [0.3, 0.4) is 0 Å². The monoisotopic (exact) mass is 232 g/mol. The molecule has 0 spiro atoms. The maximum Gasteiger partial charge on any atom is 0.336 e. The first-order chi connectivity index (χ1) is 7.49. The lowest BCUT2D eigenvalue weighted by molar-refractivity contribution is -0.169. The van der Waals surface area contributed by atoms with Gasteiger partial charge in [0.2, 0.25) is 0 Å². The van der Waals surface area contributed by atoms with Crippen molar-refractivity contribution in [2.24, 2.45) is 5.92 Å². The topological polar surface area (TPSA) is 78.9 Å². The van der Waals surface area contributed by atoms with Crippen LogP contribution in [0.15, 0.2) is 0 Å². The highest BCUT2D eigenvalue weighted by molar-refractivity contribution is 6.02. The summed E-state index contributed by atoms with van der Waals surface area (Å²) in [5, 5.41) is 0. The van der Waals surface area contributed by atoms with Gasteiger partial charge >= 0.3 is 11.9 Å². The molecular weight excluding hydrogens is 216 g/mol. The molecule has 0 aromatic rings. The van der Waals surface area contributed by atoms with E-state index in [1.54, 1.807) is 6.92 Å². The Labute approximate surface area is 93.8 Å². The SMILES string of the molecule is CCOC(=O)C(C(C)=O)C(OC)C(=O)OC. The molecule has 0 radical (unpaired) electrons. The molecule has 0 N–H and O–H groups in total. The molecule has 2 atom stereocenters. The second-order valence-corrected chi connectivity index (χ2v) is 3.02. The first kappa shape index (κ1) is 14.6. The van der Waals surface area contributed by atoms with Crippen molar-refractivity contribution in [1.29, 1.82) is 0 Å². The molecule has 0 aliphatic rings. The van der Waals surface area contributed by atoms with Crippen molar-refractivity contribution in [2.75, 3.05) is 20.8 Å². The standard InChI is InChI=1S/C10H16O6/c1-5-16-9(12)7(6(2)11)8(14-3)10(13)15-4/h7-8H,5H2,1-4H3. The molecule has 0 aliphatic carbocycles. The van der Waals surface area contributed by atoms with Crippen LogP contribution in [0.2, 0.25) is 0 Å². The fraction of sp³-hybridized carbons (Fsp3) is 0.700. The first-order valence-electron chi connectivity index (χ1n) is 4.77. The molecule has 0 aromatic heterocycles. The first-order valence-corrected chi connectivity index (χ1v) is 4.77. The molecule has 6 nitrogen and oxygen atoms in total. The number of esters is 2. The number of rotatable bonds is 6. The highest BCUT2D eigenvalue weighted by atomic mass is 16.6. The van der Waals surface area contributed by atoms with Gasteiger partial charge in [-0.05, 0) is 13.8 Å². The van der Waals surface area contributed by atoms with Gasteiger partial charge in [0.05, 0.1) is 13.7 Å². The molecule has 0 saturated carbocycles. The maximum atomic E-state index is 11.5. The van der Waals surface area contributed by atoms with Crippen LogP contribution < -0.4 is 0 Å². The van der Waals surface area contributed by atoms with Gasteiger partial charge in [0.1, 0.15) is 5.78 Å². The van der Waals surface area contributed by atoms with Gasteiger partial charge in [-0.3, -0.25) is 9.59 Å². The Bertz CT molecular complexity index is 272. The molecule has 0 amide bonds. The zero-order valence-electron chi connectivity index (χ0n) is 9.81. The van der Waals surface area contributed by atoms with E-state index in [2.05, 4.69) is 4.74 Å². The summed E-state index contributed by atoms with van der Waals surface area (Å²) in [5.74, 6) is -3.35. The van der Waals surface area contributed by atoms with E-state index in [0.29, 0.717) is 0 Å². The van der Waals surface area contributed by atoms with Crippen molar-refractivity contribution in [3.8, 4) is 0 Å². The highest BCUT2D eigenvalue weighted by Gasteiger charge is 2.39. The number of methoxy groups -OCH3 is 2. The van der Waals surface area contributed by atoms with Crippen LogP contribution in [0.4, 0.5) is 0 Å². The van der Waals surface area contributed by atoms with Gasteiger partial charge in [-0.1, -0.05) is 0 Å². The number of carbonyl (C=O) groups is 3. The summed E-state index contributed by atoms with van der Waals surface area (Å²) in [4.78, 5) is 34.1. The number of ketones is 1. The Hall–Kier alpha value is -1.43. The van der Waals surface area contributed by atoms with Gasteiger partial charge in [-0.2, -0.15) is 0 Å². The summed E-state index contributed by atoms with van der Waals surface area (Å²) < 4.78 is 13.9. The van der Waals surface area contributed by atoms with Crippen LogP contribution in [0, 0.1) is 5.92 Å². The lowest BCUT2D eigenvalue weighted by Gasteiger charge is -2.19. The average Bonchev–Trinajstić information content (AvgIpc) is 2.24. The van der Waals surface area contributed by atoms with Crippen LogP contribution in [0.1, 0.15) is 13.8 Å². The second-order valence-electron chi connectivity index (χ2n) is 3.02. The van der Waals surface area contributed by atoms with Crippen molar-refractivity contribution >= 4 is 17.7 Å². The normalized spacial score (nSPS) is 13.8. The van der Waals surface area contributed by atoms with Crippen LogP contribution in [-0.4, -0.2) is 44.7 Å². The summed E-state index contributed by atoms with van der Waals surface area (Å²) in [7, 11) is 2.37. The van der Waals surface area contributed by atoms with Crippen LogP contribution in [0.25, 0.3) is 0 Å². The maximum absolute atomic E-state index is 11.5. The molecule has 92 valence electrons. The van der Waals surface area contributed by atoms with E-state index in [1.165, 1.54) is 14.0 Å². The highest BCUT2D eigenvalue weighted by Crippen LogP contribution is 2.13. The summed E-state index contributed by atoms with van der Waals surface area (Å²) >= 11 is 0. The Morgan fingerprint density at radius 1 is 1.12 bits per heavy atom. The lowest BCUT2D eigenvalue weighted by atomic mass is 9.98. The molecule has 6 heteroatoms. The Balaban J connectivity index is 4.93. The lowest BCUT2D eigenvalue weighted by Crippen LogP contribution is -2.42. The van der Waals surface area contributed by atoms with Crippen molar-refractivity contribution < 1.29 is 28.6 Å². The predicted molar refractivity (Wildman–Crippen MR) is 53.6 cm³/mol. The van der Waals surface area contributed by atoms with E-state index in [0.717, 1.165) is 7.11 Å². The number of hydrogen-bond donors (Lipinski definition) is 0. The van der Waals surface area contributed by atoms with E-state index in [-0.39, 0.29) is 6.61 Å². The fourth-order valence-electron chi connectivity index (χ4n) is 1.22. The minimum absolute atomic E-state index is 0.125. The molecule has 0 fully saturated rings. The number of carbonyl (C=O) groups excluding carboxylic acids is 3. The van der Waals surface area contributed by atoms with Crippen molar-refractivity contribution in [2.45, 2.75) is 20.0 Å². The van der Waals surface area contributed by atoms with E-state index in [9.17, 15) is 14.4 Å². The second kappa shape index (κ2) is 6.95. The van der Waals surface area contributed by atoms with Gasteiger partial charge in [-0.15, -0.1) is 0 Å². The number of ether oxygens (including phenoxy) is 3. The summed E-state index contributed by atoms with van der Waals surface area (Å²) in [6.45, 7) is 2.92. The number of hydrogen-bond acceptors (Lipinski definition) is 6. The molecule has 0 bridgehead atoms. The molecule has 0 aliphatic heterocycles. The predicted octanol–water partition coefficient (Wildman–Crippen LogP) is -0.0573. The quantitative estimate of drug-likeness (QED) is 0.471. The summed E-state index contributed by atoms with van der Waals surface area (Å²) in [6, 6.07) is 0. The molecule has 0 rings (SSSR count). The van der Waals surface area contributed by atoms with Crippen molar-refractivity contribution in [3.05, 3.63) is 0 Å². The zero-order chi connectivity index (χ0) is 12.7. The minimum Gasteiger partial charge on any atom is -0.467 e. The van der Waals surface area contributed by atoms with E-state index in [1.807, 2.05) is 0 Å². The van der Waals surface area contributed by atoms with E-state index in [4.69, 9.17) is 9.47 Å². The van der Waals surface area contributed by atoms with Gasteiger partial charge in [0, 0.05) is 7.11 Å². The third kappa shape index (κ3) is 3.62. The van der Waals surface area contributed by atoms with Crippen molar-refractivity contribution in [3.63, 3.8) is 0 Å². The molecule has 0 saturated heterocycles. The Morgan fingerprint density at radius 2 is 1.69 bits per heavy atom. The van der Waals surface area contributed by atoms with Gasteiger partial charge in [-0.25, -0.2) is 4.79 Å². The molecule has 2 unspecified atom stereocenters. The molecule has 0 heterocycles. The third-order valence-electron chi connectivity index (χ3n) is 1.97. The van der Waals surface area contributed by atoms with Gasteiger partial charge in [0.15, 0.2) is 12.0 Å². The largest absolute Gasteiger partial charge is 0.467 e. The summed E-state index contributed by atoms with van der Waals surface area (Å²) in [6.07, 6.45) is -1.26. The van der Waals surface area contributed by atoms with E-state index < -0.39 is 29.7 Å². The van der Waals surface area contributed by atoms with Crippen LogP contribution in [0.5, 0.6) is 0 Å². The molecule has 0 aromatic carbocycles. The average molecular weight is 232 g/mol. The smallest absolute Gasteiger partial charge is 0.336 e. The van der Waals surface area contributed by atoms with E-state index >= 15 is 0 Å².